The molecule has 0 aromatic carbocycles. The number of rotatable bonds is 4. The molecule has 1 saturated heterocycles. The summed E-state index contributed by atoms with van der Waals surface area (Å²) in [5.41, 5.74) is 5.66. The Morgan fingerprint density at radius 3 is 2.10 bits per heavy atom. The Balaban J connectivity index is 2.20. The molecule has 0 bridgehead atoms. The van der Waals surface area contributed by atoms with E-state index in [9.17, 15) is 16.8 Å². The minimum atomic E-state index is -3.75. The molecule has 21 heavy (non-hydrogen) atoms. The third-order valence-corrected chi connectivity index (χ3v) is 6.58. The number of piperazine rings is 1. The lowest BCUT2D eigenvalue weighted by molar-refractivity contribution is 0.274. The highest BCUT2D eigenvalue weighted by Gasteiger charge is 2.33. The molecule has 2 heterocycles. The lowest BCUT2D eigenvalue weighted by Crippen LogP contribution is -2.50. The van der Waals surface area contributed by atoms with E-state index in [0.29, 0.717) is 6.54 Å². The second-order valence-corrected chi connectivity index (χ2v) is 8.69. The van der Waals surface area contributed by atoms with Crippen molar-refractivity contribution in [3.63, 3.8) is 0 Å². The molecule has 120 valence electrons. The minimum absolute atomic E-state index is 0.0304. The highest BCUT2D eigenvalue weighted by molar-refractivity contribution is 7.89. The van der Waals surface area contributed by atoms with E-state index in [1.165, 1.54) is 19.5 Å². The van der Waals surface area contributed by atoms with E-state index in [0.717, 1.165) is 6.26 Å². The molecule has 2 N–H and O–H groups in total. The van der Waals surface area contributed by atoms with Crippen LogP contribution < -0.4 is 5.73 Å². The van der Waals surface area contributed by atoms with Gasteiger partial charge >= 0.3 is 0 Å². The molecule has 0 saturated carbocycles. The number of nitrogens with zero attached hydrogens (tertiary/aromatic N) is 4. The van der Waals surface area contributed by atoms with Gasteiger partial charge in [-0.3, -0.25) is 4.68 Å². The maximum absolute atomic E-state index is 12.5. The van der Waals surface area contributed by atoms with E-state index >= 15 is 0 Å². The Kier molecular flexibility index (Phi) is 4.29. The summed E-state index contributed by atoms with van der Waals surface area (Å²) >= 11 is 0. The van der Waals surface area contributed by atoms with Crippen LogP contribution in [0.25, 0.3) is 0 Å². The average Bonchev–Trinajstić information content (AvgIpc) is 2.80. The zero-order valence-corrected chi connectivity index (χ0v) is 13.6. The van der Waals surface area contributed by atoms with Crippen molar-refractivity contribution in [3.05, 3.63) is 6.20 Å². The fourth-order valence-electron chi connectivity index (χ4n) is 2.16. The summed E-state index contributed by atoms with van der Waals surface area (Å²) in [5.74, 6) is -0.0395. The Bertz CT molecular complexity index is 717. The average molecular weight is 337 g/mol. The van der Waals surface area contributed by atoms with E-state index in [1.54, 1.807) is 0 Å². The third-order valence-electron chi connectivity index (χ3n) is 3.36. The van der Waals surface area contributed by atoms with Crippen molar-refractivity contribution in [1.29, 1.82) is 0 Å². The fourth-order valence-corrected chi connectivity index (χ4v) is 4.47. The molecule has 1 aromatic rings. The van der Waals surface area contributed by atoms with Gasteiger partial charge in [0.1, 0.15) is 4.90 Å². The van der Waals surface area contributed by atoms with Gasteiger partial charge in [-0.05, 0) is 6.92 Å². The molecule has 0 amide bonds. The molecule has 9 nitrogen and oxygen atoms in total. The zero-order chi connectivity index (χ0) is 15.8. The van der Waals surface area contributed by atoms with Crippen LogP contribution in [0.4, 0.5) is 5.82 Å². The number of hydrogen-bond acceptors (Lipinski definition) is 6. The van der Waals surface area contributed by atoms with E-state index in [2.05, 4.69) is 5.10 Å². The number of aryl methyl sites for hydroxylation is 1. The highest BCUT2D eigenvalue weighted by Crippen LogP contribution is 2.22. The van der Waals surface area contributed by atoms with Crippen molar-refractivity contribution in [2.24, 2.45) is 0 Å². The summed E-state index contributed by atoms with van der Waals surface area (Å²) in [5, 5.41) is 3.93. The van der Waals surface area contributed by atoms with Crippen LogP contribution in [0.1, 0.15) is 6.92 Å². The van der Waals surface area contributed by atoms with Gasteiger partial charge in [0.15, 0.2) is 5.82 Å². The quantitative estimate of drug-likeness (QED) is 0.733. The predicted octanol–water partition coefficient (Wildman–Crippen LogP) is -1.25. The molecule has 11 heteroatoms. The van der Waals surface area contributed by atoms with Crippen LogP contribution in [0.3, 0.4) is 0 Å². The SMILES string of the molecule is CCn1cc(S(=O)(=O)N2CCN(S(C)(=O)=O)CC2)c(N)n1. The van der Waals surface area contributed by atoms with Crippen LogP contribution in [-0.4, -0.2) is 67.7 Å². The molecule has 1 aliphatic rings. The summed E-state index contributed by atoms with van der Waals surface area (Å²) < 4.78 is 51.9. The first-order valence-electron chi connectivity index (χ1n) is 6.44. The summed E-state index contributed by atoms with van der Waals surface area (Å²) in [6.07, 6.45) is 2.51. The molecule has 1 fully saturated rings. The van der Waals surface area contributed by atoms with E-state index < -0.39 is 20.0 Å². The normalized spacial score (nSPS) is 19.0. The van der Waals surface area contributed by atoms with Crippen molar-refractivity contribution in [1.82, 2.24) is 18.4 Å². The summed E-state index contributed by atoms with van der Waals surface area (Å²) in [4.78, 5) is -0.0304. The Labute approximate surface area is 124 Å². The van der Waals surface area contributed by atoms with E-state index in [4.69, 9.17) is 5.73 Å². The van der Waals surface area contributed by atoms with Crippen LogP contribution in [-0.2, 0) is 26.6 Å². The number of nitrogens with two attached hydrogens (primary N) is 1. The number of anilines is 1. The maximum atomic E-state index is 12.5. The third kappa shape index (κ3) is 3.20. The van der Waals surface area contributed by atoms with E-state index in [1.807, 2.05) is 6.92 Å². The van der Waals surface area contributed by atoms with Crippen LogP contribution >= 0.6 is 0 Å². The summed E-state index contributed by atoms with van der Waals surface area (Å²) in [6.45, 7) is 2.83. The van der Waals surface area contributed by atoms with Gasteiger partial charge in [-0.15, -0.1) is 0 Å². The summed E-state index contributed by atoms with van der Waals surface area (Å²) in [6, 6.07) is 0. The molecule has 0 spiro atoms. The van der Waals surface area contributed by atoms with Crippen molar-refractivity contribution < 1.29 is 16.8 Å². The first-order valence-corrected chi connectivity index (χ1v) is 9.73. The molecule has 2 rings (SSSR count). The van der Waals surface area contributed by atoms with Gasteiger partial charge in [-0.1, -0.05) is 0 Å². The van der Waals surface area contributed by atoms with Crippen molar-refractivity contribution in [2.75, 3.05) is 38.2 Å². The molecular weight excluding hydrogens is 318 g/mol. The van der Waals surface area contributed by atoms with Gasteiger partial charge in [-0.2, -0.15) is 13.7 Å². The molecular formula is C10H19N5O4S2. The molecule has 0 aliphatic carbocycles. The van der Waals surface area contributed by atoms with Gasteiger partial charge in [0.05, 0.1) is 6.26 Å². The first kappa shape index (κ1) is 16.2. The van der Waals surface area contributed by atoms with Gasteiger partial charge in [0.2, 0.25) is 20.0 Å². The first-order chi connectivity index (χ1) is 9.66. The Morgan fingerprint density at radius 2 is 1.67 bits per heavy atom. The smallest absolute Gasteiger partial charge is 0.248 e. The molecule has 0 atom stereocenters. The number of aromatic nitrogens is 2. The zero-order valence-electron chi connectivity index (χ0n) is 11.9. The van der Waals surface area contributed by atoms with Crippen LogP contribution in [0.15, 0.2) is 11.1 Å². The van der Waals surface area contributed by atoms with Gasteiger partial charge in [0, 0.05) is 38.9 Å². The topological polar surface area (TPSA) is 119 Å². The summed E-state index contributed by atoms with van der Waals surface area (Å²) in [7, 11) is -7.04. The van der Waals surface area contributed by atoms with Crippen LogP contribution in [0.5, 0.6) is 0 Å². The lowest BCUT2D eigenvalue weighted by atomic mass is 10.4. The van der Waals surface area contributed by atoms with Crippen LogP contribution in [0.2, 0.25) is 0 Å². The standard InChI is InChI=1S/C10H19N5O4S2/c1-3-13-8-9(10(11)12-13)21(18,19)15-6-4-14(5-7-15)20(2,16)17/h8H,3-7H2,1-2H3,(H2,11,12). The van der Waals surface area contributed by atoms with Crippen molar-refractivity contribution >= 4 is 25.9 Å². The molecule has 0 radical (unpaired) electrons. The predicted molar refractivity (Wildman–Crippen MR) is 77.5 cm³/mol. The molecule has 1 aliphatic heterocycles. The minimum Gasteiger partial charge on any atom is -0.381 e. The van der Waals surface area contributed by atoms with Crippen molar-refractivity contribution in [2.45, 2.75) is 18.4 Å². The van der Waals surface area contributed by atoms with Crippen LogP contribution in [0, 0.1) is 0 Å². The number of sulfonamides is 2. The van der Waals surface area contributed by atoms with Gasteiger partial charge < -0.3 is 5.73 Å². The lowest BCUT2D eigenvalue weighted by Gasteiger charge is -2.32. The number of hydrogen-bond donors (Lipinski definition) is 1. The second kappa shape index (κ2) is 5.55. The Hall–Kier alpha value is -1.17. The Morgan fingerprint density at radius 1 is 1.14 bits per heavy atom. The van der Waals surface area contributed by atoms with E-state index in [-0.39, 0.29) is 36.9 Å². The molecule has 1 aromatic heterocycles. The molecule has 0 unspecified atom stereocenters. The van der Waals surface area contributed by atoms with Crippen molar-refractivity contribution in [3.8, 4) is 0 Å². The second-order valence-electron chi connectivity index (χ2n) is 4.80. The van der Waals surface area contributed by atoms with Gasteiger partial charge in [0.25, 0.3) is 0 Å². The fraction of sp³-hybridized carbons (Fsp3) is 0.700. The monoisotopic (exact) mass is 337 g/mol. The van der Waals surface area contributed by atoms with Gasteiger partial charge in [-0.25, -0.2) is 16.8 Å². The maximum Gasteiger partial charge on any atom is 0.248 e. The number of nitrogen functional groups attached to an aromatic ring is 1. The largest absolute Gasteiger partial charge is 0.381 e. The highest BCUT2D eigenvalue weighted by atomic mass is 32.2.